The smallest absolute Gasteiger partial charge is 0.0745 e. The molecular weight excluding hydrogens is 120 g/mol. The molecule has 0 aliphatic heterocycles. The molecule has 0 aromatic rings. The second kappa shape index (κ2) is 6.01. The lowest BCUT2D eigenvalue weighted by Gasteiger charge is -2.03. The van der Waals surface area contributed by atoms with Crippen molar-refractivity contribution in [1.29, 1.82) is 0 Å². The maximum atomic E-state index is 8.66. The lowest BCUT2D eigenvalue weighted by Crippen LogP contribution is -2.11. The first-order valence-corrected chi connectivity index (χ1v) is 3.14. The van der Waals surface area contributed by atoms with Gasteiger partial charge >= 0.3 is 0 Å². The number of aliphatic hydroxyl groups excluding tert-OH is 2. The highest BCUT2D eigenvalue weighted by atomic mass is 16.5. The summed E-state index contributed by atoms with van der Waals surface area (Å²) in [5.41, 5.74) is 0. The first kappa shape index (κ1) is 8.88. The van der Waals surface area contributed by atoms with Gasteiger partial charge in [-0.25, -0.2) is 0 Å². The van der Waals surface area contributed by atoms with E-state index in [4.69, 9.17) is 14.9 Å². The minimum atomic E-state index is -0.399. The zero-order valence-electron chi connectivity index (χ0n) is 5.71. The summed E-state index contributed by atoms with van der Waals surface area (Å²) in [7, 11) is 0. The average molecular weight is 134 g/mol. The topological polar surface area (TPSA) is 49.7 Å². The molecule has 1 atom stereocenters. The lowest BCUT2D eigenvalue weighted by molar-refractivity contribution is 0.0401. The van der Waals surface area contributed by atoms with Crippen LogP contribution in [-0.4, -0.2) is 36.1 Å². The third-order valence-corrected chi connectivity index (χ3v) is 0.806. The van der Waals surface area contributed by atoms with Crippen LogP contribution in [-0.2, 0) is 4.74 Å². The van der Waals surface area contributed by atoms with E-state index in [9.17, 15) is 0 Å². The van der Waals surface area contributed by atoms with Crippen LogP contribution in [0, 0.1) is 0 Å². The van der Waals surface area contributed by atoms with E-state index in [-0.39, 0.29) is 6.61 Å². The van der Waals surface area contributed by atoms with Crippen molar-refractivity contribution in [1.82, 2.24) is 0 Å². The SMILES string of the molecule is CC(O)COCCCO. The van der Waals surface area contributed by atoms with E-state index >= 15 is 0 Å². The Morgan fingerprint density at radius 2 is 2.22 bits per heavy atom. The Morgan fingerprint density at radius 3 is 2.67 bits per heavy atom. The molecule has 0 aliphatic rings. The normalized spacial score (nSPS) is 13.7. The van der Waals surface area contributed by atoms with Gasteiger partial charge < -0.3 is 14.9 Å². The van der Waals surface area contributed by atoms with Gasteiger partial charge in [0, 0.05) is 13.2 Å². The molecule has 0 amide bonds. The molecule has 1 unspecified atom stereocenters. The predicted molar refractivity (Wildman–Crippen MR) is 34.2 cm³/mol. The van der Waals surface area contributed by atoms with Crippen LogP contribution in [0.15, 0.2) is 0 Å². The van der Waals surface area contributed by atoms with Crippen molar-refractivity contribution in [2.75, 3.05) is 19.8 Å². The van der Waals surface area contributed by atoms with E-state index in [1.54, 1.807) is 6.92 Å². The zero-order chi connectivity index (χ0) is 7.11. The number of aliphatic hydroxyl groups is 2. The fraction of sp³-hybridized carbons (Fsp3) is 1.00. The summed E-state index contributed by atoms with van der Waals surface area (Å²) in [6.45, 7) is 2.71. The summed E-state index contributed by atoms with van der Waals surface area (Å²) in [4.78, 5) is 0. The minimum Gasteiger partial charge on any atom is -0.396 e. The van der Waals surface area contributed by atoms with Crippen LogP contribution in [0.25, 0.3) is 0 Å². The van der Waals surface area contributed by atoms with Crippen molar-refractivity contribution in [3.8, 4) is 0 Å². The van der Waals surface area contributed by atoms with Gasteiger partial charge in [-0.15, -0.1) is 0 Å². The van der Waals surface area contributed by atoms with E-state index in [1.807, 2.05) is 0 Å². The van der Waals surface area contributed by atoms with Gasteiger partial charge in [-0.1, -0.05) is 0 Å². The van der Waals surface area contributed by atoms with E-state index in [1.165, 1.54) is 0 Å². The summed E-state index contributed by atoms with van der Waals surface area (Å²) in [5, 5.41) is 17.0. The van der Waals surface area contributed by atoms with Gasteiger partial charge in [0.2, 0.25) is 0 Å². The molecule has 3 heteroatoms. The average Bonchev–Trinajstić information content (AvgIpc) is 1.80. The largest absolute Gasteiger partial charge is 0.396 e. The number of hydrogen-bond donors (Lipinski definition) is 2. The summed E-state index contributed by atoms with van der Waals surface area (Å²) in [5.74, 6) is 0. The summed E-state index contributed by atoms with van der Waals surface area (Å²) < 4.78 is 4.93. The predicted octanol–water partition coefficient (Wildman–Crippen LogP) is -0.234. The monoisotopic (exact) mass is 134 g/mol. The summed E-state index contributed by atoms with van der Waals surface area (Å²) >= 11 is 0. The molecule has 0 saturated heterocycles. The molecule has 56 valence electrons. The van der Waals surface area contributed by atoms with Gasteiger partial charge in [0.05, 0.1) is 12.7 Å². The van der Waals surface area contributed by atoms with Gasteiger partial charge in [0.25, 0.3) is 0 Å². The highest BCUT2D eigenvalue weighted by molar-refractivity contribution is 4.40. The first-order valence-electron chi connectivity index (χ1n) is 3.14. The Labute approximate surface area is 55.3 Å². The molecule has 0 aromatic carbocycles. The standard InChI is InChI=1S/C6H14O3/c1-6(8)5-9-4-2-3-7/h6-8H,2-5H2,1H3. The molecule has 0 heterocycles. The van der Waals surface area contributed by atoms with E-state index in [0.29, 0.717) is 19.6 Å². The Balaban J connectivity index is 2.75. The maximum Gasteiger partial charge on any atom is 0.0745 e. The number of rotatable bonds is 5. The van der Waals surface area contributed by atoms with Gasteiger partial charge in [-0.05, 0) is 13.3 Å². The van der Waals surface area contributed by atoms with E-state index < -0.39 is 6.10 Å². The van der Waals surface area contributed by atoms with Crippen LogP contribution >= 0.6 is 0 Å². The number of ether oxygens (including phenoxy) is 1. The molecule has 2 N–H and O–H groups in total. The molecule has 0 aliphatic carbocycles. The van der Waals surface area contributed by atoms with E-state index in [0.717, 1.165) is 0 Å². The molecule has 0 spiro atoms. The third kappa shape index (κ3) is 7.88. The Kier molecular flexibility index (Phi) is 5.93. The lowest BCUT2D eigenvalue weighted by atomic mass is 10.4. The maximum absolute atomic E-state index is 8.66. The van der Waals surface area contributed by atoms with Crippen molar-refractivity contribution in [2.24, 2.45) is 0 Å². The Bertz CT molecular complexity index is 54.3. The van der Waals surface area contributed by atoms with Crippen LogP contribution in [0.4, 0.5) is 0 Å². The molecule has 0 fully saturated rings. The van der Waals surface area contributed by atoms with Crippen molar-refractivity contribution in [2.45, 2.75) is 19.4 Å². The summed E-state index contributed by atoms with van der Waals surface area (Å²) in [6, 6.07) is 0. The second-order valence-electron chi connectivity index (χ2n) is 2.00. The Hall–Kier alpha value is -0.120. The second-order valence-corrected chi connectivity index (χ2v) is 2.00. The molecule has 0 saturated carbocycles. The summed E-state index contributed by atoms with van der Waals surface area (Å²) in [6.07, 6.45) is 0.246. The molecule has 0 radical (unpaired) electrons. The van der Waals surface area contributed by atoms with Crippen LogP contribution in [0.5, 0.6) is 0 Å². The highest BCUT2D eigenvalue weighted by Crippen LogP contribution is 1.84. The highest BCUT2D eigenvalue weighted by Gasteiger charge is 1.92. The van der Waals surface area contributed by atoms with Crippen LogP contribution in [0.1, 0.15) is 13.3 Å². The van der Waals surface area contributed by atoms with Gasteiger partial charge in [-0.2, -0.15) is 0 Å². The van der Waals surface area contributed by atoms with Gasteiger partial charge in [0.1, 0.15) is 0 Å². The third-order valence-electron chi connectivity index (χ3n) is 0.806. The van der Waals surface area contributed by atoms with Crippen molar-refractivity contribution >= 4 is 0 Å². The molecular formula is C6H14O3. The van der Waals surface area contributed by atoms with Gasteiger partial charge in [0.15, 0.2) is 0 Å². The first-order chi connectivity index (χ1) is 4.27. The van der Waals surface area contributed by atoms with E-state index in [2.05, 4.69) is 0 Å². The molecule has 0 rings (SSSR count). The van der Waals surface area contributed by atoms with Crippen molar-refractivity contribution < 1.29 is 14.9 Å². The Morgan fingerprint density at radius 1 is 1.56 bits per heavy atom. The van der Waals surface area contributed by atoms with Gasteiger partial charge in [-0.3, -0.25) is 0 Å². The quantitative estimate of drug-likeness (QED) is 0.510. The number of hydrogen-bond acceptors (Lipinski definition) is 3. The van der Waals surface area contributed by atoms with Crippen molar-refractivity contribution in [3.05, 3.63) is 0 Å². The molecule has 3 nitrogen and oxygen atoms in total. The van der Waals surface area contributed by atoms with Crippen LogP contribution in [0.3, 0.4) is 0 Å². The van der Waals surface area contributed by atoms with Crippen molar-refractivity contribution in [3.63, 3.8) is 0 Å². The van der Waals surface area contributed by atoms with Crippen LogP contribution in [0.2, 0.25) is 0 Å². The minimum absolute atomic E-state index is 0.153. The fourth-order valence-electron chi connectivity index (χ4n) is 0.421. The fourth-order valence-corrected chi connectivity index (χ4v) is 0.421. The molecule has 9 heavy (non-hydrogen) atoms. The van der Waals surface area contributed by atoms with Crippen LogP contribution < -0.4 is 0 Å². The zero-order valence-corrected chi connectivity index (χ0v) is 5.71. The molecule has 0 bridgehead atoms. The molecule has 0 aromatic heterocycles.